The van der Waals surface area contributed by atoms with Crippen LogP contribution in [0.3, 0.4) is 0 Å². The Morgan fingerprint density at radius 1 is 1.21 bits per heavy atom. The van der Waals surface area contributed by atoms with Crippen molar-refractivity contribution in [2.75, 3.05) is 12.4 Å². The van der Waals surface area contributed by atoms with Gasteiger partial charge in [-0.25, -0.2) is 14.1 Å². The molecule has 0 bridgehead atoms. The van der Waals surface area contributed by atoms with Crippen LogP contribution in [-0.2, 0) is 11.0 Å². The van der Waals surface area contributed by atoms with E-state index in [4.69, 9.17) is 4.74 Å². The van der Waals surface area contributed by atoms with Crippen LogP contribution in [0.1, 0.15) is 81.0 Å². The number of hydrogen-bond donors (Lipinski definition) is 1. The van der Waals surface area contributed by atoms with Crippen LogP contribution in [0, 0.1) is 5.82 Å². The summed E-state index contributed by atoms with van der Waals surface area (Å²) >= 11 is 0. The van der Waals surface area contributed by atoms with Crippen molar-refractivity contribution in [2.24, 2.45) is 0 Å². The number of anilines is 1. The van der Waals surface area contributed by atoms with Gasteiger partial charge in [0.25, 0.3) is 0 Å². The Morgan fingerprint density at radius 3 is 2.56 bits per heavy atom. The molecule has 2 aromatic heterocycles. The number of ketones is 1. The third kappa shape index (κ3) is 4.31. The van der Waals surface area contributed by atoms with Gasteiger partial charge in [-0.3, -0.25) is 4.79 Å². The first-order chi connectivity index (χ1) is 16.2. The Balaban J connectivity index is 1.67. The second-order valence-corrected chi connectivity index (χ2v) is 9.73. The zero-order valence-electron chi connectivity index (χ0n) is 20.6. The third-order valence-corrected chi connectivity index (χ3v) is 7.28. The standard InChI is InChI=1S/C27H33FN4O2/c1-6-27(7-2,18-11-13-19(28)14-12-18)16-23(33)20-17-29-32-25(20)31-22(15-26(32,3)4)21-9-8-10-24(30-21)34-5/h8-14,17,22,31H,6-7,15-16H2,1-5H3. The molecule has 0 amide bonds. The molecular weight excluding hydrogens is 431 g/mol. The summed E-state index contributed by atoms with van der Waals surface area (Å²) in [7, 11) is 1.60. The number of rotatable bonds is 8. The minimum atomic E-state index is -0.364. The Labute approximate surface area is 200 Å². The number of nitrogens with zero attached hydrogens (tertiary/aromatic N) is 3. The molecule has 34 heavy (non-hydrogen) atoms. The molecule has 0 saturated heterocycles. The fourth-order valence-corrected chi connectivity index (χ4v) is 5.09. The number of pyridine rings is 1. The number of Topliss-reactive ketones (excluding diaryl/α,β-unsaturated/α-hetero) is 1. The van der Waals surface area contributed by atoms with E-state index in [1.165, 1.54) is 12.1 Å². The van der Waals surface area contributed by atoms with Crippen molar-refractivity contribution in [3.05, 3.63) is 71.3 Å². The molecule has 1 aromatic carbocycles. The Morgan fingerprint density at radius 2 is 1.91 bits per heavy atom. The second-order valence-electron chi connectivity index (χ2n) is 9.73. The smallest absolute Gasteiger partial charge is 0.213 e. The molecule has 1 unspecified atom stereocenters. The monoisotopic (exact) mass is 464 g/mol. The van der Waals surface area contributed by atoms with Crippen LogP contribution in [0.2, 0.25) is 0 Å². The average Bonchev–Trinajstić information content (AvgIpc) is 3.28. The van der Waals surface area contributed by atoms with Gasteiger partial charge in [0.05, 0.1) is 36.1 Å². The molecule has 0 spiro atoms. The molecule has 0 fully saturated rings. The molecule has 1 aliphatic heterocycles. The predicted octanol–water partition coefficient (Wildman–Crippen LogP) is 6.05. The largest absolute Gasteiger partial charge is 0.481 e. The van der Waals surface area contributed by atoms with Gasteiger partial charge in [-0.05, 0) is 56.9 Å². The molecule has 1 aliphatic rings. The van der Waals surface area contributed by atoms with Gasteiger partial charge in [-0.2, -0.15) is 5.10 Å². The van der Waals surface area contributed by atoms with Crippen LogP contribution in [0.25, 0.3) is 0 Å². The van der Waals surface area contributed by atoms with Gasteiger partial charge in [-0.15, -0.1) is 0 Å². The number of carbonyl (C=O) groups is 1. The number of nitrogens with one attached hydrogen (secondary N) is 1. The fourth-order valence-electron chi connectivity index (χ4n) is 5.09. The van der Waals surface area contributed by atoms with E-state index in [0.717, 1.165) is 36.3 Å². The number of methoxy groups -OCH3 is 1. The molecule has 0 aliphatic carbocycles. The number of ether oxygens (including phenoxy) is 1. The third-order valence-electron chi connectivity index (χ3n) is 7.28. The number of hydrogen-bond acceptors (Lipinski definition) is 5. The van der Waals surface area contributed by atoms with Gasteiger partial charge < -0.3 is 10.1 Å². The predicted molar refractivity (Wildman–Crippen MR) is 131 cm³/mol. The van der Waals surface area contributed by atoms with Crippen molar-refractivity contribution in [3.8, 4) is 5.88 Å². The zero-order valence-corrected chi connectivity index (χ0v) is 20.6. The first-order valence-corrected chi connectivity index (χ1v) is 11.9. The topological polar surface area (TPSA) is 69.0 Å². The molecular formula is C27H33FN4O2. The Hall–Kier alpha value is -3.22. The number of fused-ring (bicyclic) bond motifs is 1. The van der Waals surface area contributed by atoms with Crippen molar-refractivity contribution in [1.82, 2.24) is 14.8 Å². The first kappa shape index (κ1) is 23.9. The Kier molecular flexibility index (Phi) is 6.47. The van der Waals surface area contributed by atoms with E-state index in [-0.39, 0.29) is 28.6 Å². The summed E-state index contributed by atoms with van der Waals surface area (Å²) < 4.78 is 20.8. The lowest BCUT2D eigenvalue weighted by Crippen LogP contribution is -2.38. The molecule has 3 aromatic rings. The zero-order chi connectivity index (χ0) is 24.5. The summed E-state index contributed by atoms with van der Waals surface area (Å²) in [5.41, 5.74) is 1.76. The normalized spacial score (nSPS) is 17.1. The van der Waals surface area contributed by atoms with Crippen LogP contribution in [0.4, 0.5) is 10.2 Å². The number of benzene rings is 1. The van der Waals surface area contributed by atoms with Crippen molar-refractivity contribution in [1.29, 1.82) is 0 Å². The lowest BCUT2D eigenvalue weighted by atomic mass is 9.71. The number of carbonyl (C=O) groups excluding carboxylic acids is 1. The molecule has 1 N–H and O–H groups in total. The van der Waals surface area contributed by atoms with E-state index >= 15 is 0 Å². The van der Waals surface area contributed by atoms with Crippen molar-refractivity contribution < 1.29 is 13.9 Å². The average molecular weight is 465 g/mol. The number of aromatic nitrogens is 3. The van der Waals surface area contributed by atoms with Gasteiger partial charge in [-0.1, -0.05) is 32.0 Å². The molecule has 180 valence electrons. The van der Waals surface area contributed by atoms with E-state index in [1.807, 2.05) is 22.9 Å². The molecule has 0 saturated carbocycles. The highest BCUT2D eigenvalue weighted by Gasteiger charge is 2.39. The lowest BCUT2D eigenvalue weighted by Gasteiger charge is -2.38. The van der Waals surface area contributed by atoms with E-state index in [9.17, 15) is 9.18 Å². The highest BCUT2D eigenvalue weighted by molar-refractivity contribution is 6.01. The van der Waals surface area contributed by atoms with E-state index in [2.05, 4.69) is 43.1 Å². The van der Waals surface area contributed by atoms with Gasteiger partial charge in [0.15, 0.2) is 5.78 Å². The van der Waals surface area contributed by atoms with Crippen molar-refractivity contribution in [3.63, 3.8) is 0 Å². The van der Waals surface area contributed by atoms with E-state index < -0.39 is 0 Å². The highest BCUT2D eigenvalue weighted by Crippen LogP contribution is 2.42. The lowest BCUT2D eigenvalue weighted by molar-refractivity contribution is 0.0944. The van der Waals surface area contributed by atoms with Crippen molar-refractivity contribution in [2.45, 2.75) is 70.4 Å². The summed E-state index contributed by atoms with van der Waals surface area (Å²) in [6.45, 7) is 8.40. The van der Waals surface area contributed by atoms with Crippen LogP contribution in [0.5, 0.6) is 5.88 Å². The van der Waals surface area contributed by atoms with Crippen LogP contribution in [-0.4, -0.2) is 27.7 Å². The van der Waals surface area contributed by atoms with Gasteiger partial charge in [0.1, 0.15) is 11.6 Å². The molecule has 0 radical (unpaired) electrons. The van der Waals surface area contributed by atoms with Crippen LogP contribution >= 0.6 is 0 Å². The quantitative estimate of drug-likeness (QED) is 0.411. The van der Waals surface area contributed by atoms with E-state index in [0.29, 0.717) is 17.9 Å². The summed E-state index contributed by atoms with van der Waals surface area (Å²) in [6.07, 6.45) is 4.32. The summed E-state index contributed by atoms with van der Waals surface area (Å²) in [6, 6.07) is 12.2. The van der Waals surface area contributed by atoms with Gasteiger partial charge in [0.2, 0.25) is 5.88 Å². The summed E-state index contributed by atoms with van der Waals surface area (Å²) in [4.78, 5) is 18.3. The summed E-state index contributed by atoms with van der Waals surface area (Å²) in [5.74, 6) is 1.03. The molecule has 6 nitrogen and oxygen atoms in total. The molecule has 7 heteroatoms. The van der Waals surface area contributed by atoms with Crippen LogP contribution in [0.15, 0.2) is 48.7 Å². The SMILES string of the molecule is CCC(CC)(CC(=O)c1cnn2c1NC(c1cccc(OC)n1)CC2(C)C)c1ccc(F)cc1. The van der Waals surface area contributed by atoms with E-state index in [1.54, 1.807) is 25.4 Å². The minimum absolute atomic E-state index is 0.0248. The second kappa shape index (κ2) is 9.20. The fraction of sp³-hybridized carbons (Fsp3) is 0.444. The molecule has 1 atom stereocenters. The van der Waals surface area contributed by atoms with Gasteiger partial charge in [0, 0.05) is 17.9 Å². The Bertz CT molecular complexity index is 1170. The van der Waals surface area contributed by atoms with Crippen molar-refractivity contribution >= 4 is 11.6 Å². The minimum Gasteiger partial charge on any atom is -0.481 e. The first-order valence-electron chi connectivity index (χ1n) is 11.9. The molecule has 3 heterocycles. The van der Waals surface area contributed by atoms with Crippen LogP contribution < -0.4 is 10.1 Å². The maximum Gasteiger partial charge on any atom is 0.213 e. The molecule has 4 rings (SSSR count). The maximum atomic E-state index is 13.7. The highest BCUT2D eigenvalue weighted by atomic mass is 19.1. The summed E-state index contributed by atoms with van der Waals surface area (Å²) in [5, 5.41) is 8.13. The van der Waals surface area contributed by atoms with Gasteiger partial charge >= 0.3 is 0 Å². The number of halogens is 1. The maximum absolute atomic E-state index is 13.7.